The summed E-state index contributed by atoms with van der Waals surface area (Å²) in [5.74, 6) is -2.86. The molecule has 1 unspecified atom stereocenters. The first-order chi connectivity index (χ1) is 14.2. The summed E-state index contributed by atoms with van der Waals surface area (Å²) in [6.07, 6.45) is -5.02. The molecular weight excluding hydrogens is 437 g/mol. The van der Waals surface area contributed by atoms with Gasteiger partial charge in [-0.1, -0.05) is 6.92 Å². The van der Waals surface area contributed by atoms with Crippen LogP contribution in [-0.4, -0.2) is 33.7 Å². The number of aryl methyl sites for hydroxylation is 1. The van der Waals surface area contributed by atoms with Crippen molar-refractivity contribution in [2.45, 2.75) is 53.4 Å². The fourth-order valence-electron chi connectivity index (χ4n) is 2.77. The maximum Gasteiger partial charge on any atom is 0.435 e. The fourth-order valence-corrected chi connectivity index (χ4v) is 3.82. The van der Waals surface area contributed by atoms with Gasteiger partial charge in [-0.3, -0.25) is 14.3 Å². The number of nitrogens with two attached hydrogens (primary N) is 1. The molecule has 2 amide bonds. The third kappa shape index (κ3) is 5.63. The zero-order valence-electron chi connectivity index (χ0n) is 17.6. The smallest absolute Gasteiger partial charge is 0.435 e. The molecule has 2 heterocycles. The normalized spacial score (nSPS) is 12.7. The van der Waals surface area contributed by atoms with E-state index in [1.807, 2.05) is 0 Å². The molecule has 3 N–H and O–H groups in total. The number of ether oxygens (including phenoxy) is 1. The number of amides is 2. The summed E-state index contributed by atoms with van der Waals surface area (Å²) >= 11 is 0.834. The van der Waals surface area contributed by atoms with Gasteiger partial charge in [-0.2, -0.15) is 18.3 Å². The number of primary amides is 1. The summed E-state index contributed by atoms with van der Waals surface area (Å²) in [5.41, 5.74) is 4.85. The summed E-state index contributed by atoms with van der Waals surface area (Å²) < 4.78 is 44.8. The SMILES string of the molecule is Cc1c(C(N)=O)sc(NC(=O)C(C)Cn2nc(C(F)(F)F)cc2C)c1C(=O)OC(C)C. The summed E-state index contributed by atoms with van der Waals surface area (Å²) in [6.45, 7) is 7.65. The van der Waals surface area contributed by atoms with Crippen molar-refractivity contribution in [3.05, 3.63) is 33.5 Å². The minimum absolute atomic E-state index is 0.0164. The molecule has 0 fully saturated rings. The average Bonchev–Trinajstić information content (AvgIpc) is 3.14. The number of carbonyl (C=O) groups is 3. The van der Waals surface area contributed by atoms with Crippen LogP contribution in [-0.2, 0) is 22.3 Å². The van der Waals surface area contributed by atoms with Crippen molar-refractivity contribution in [3.63, 3.8) is 0 Å². The van der Waals surface area contributed by atoms with E-state index >= 15 is 0 Å². The quantitative estimate of drug-likeness (QED) is 0.614. The molecule has 0 aliphatic rings. The Bertz CT molecular complexity index is 1010. The monoisotopic (exact) mass is 460 g/mol. The van der Waals surface area contributed by atoms with Gasteiger partial charge in [0.1, 0.15) is 5.00 Å². The number of aromatic nitrogens is 2. The Morgan fingerprint density at radius 3 is 2.35 bits per heavy atom. The van der Waals surface area contributed by atoms with E-state index in [1.165, 1.54) is 20.8 Å². The minimum atomic E-state index is -4.59. The second-order valence-electron chi connectivity index (χ2n) is 7.32. The van der Waals surface area contributed by atoms with E-state index in [1.54, 1.807) is 13.8 Å². The number of nitrogens with one attached hydrogen (secondary N) is 1. The molecule has 31 heavy (non-hydrogen) atoms. The number of carbonyl (C=O) groups excluding carboxylic acids is 3. The van der Waals surface area contributed by atoms with Crippen molar-refractivity contribution in [1.29, 1.82) is 0 Å². The van der Waals surface area contributed by atoms with Crippen molar-refractivity contribution in [2.24, 2.45) is 11.7 Å². The van der Waals surface area contributed by atoms with Gasteiger partial charge in [0.15, 0.2) is 5.69 Å². The van der Waals surface area contributed by atoms with E-state index in [2.05, 4.69) is 10.4 Å². The molecule has 0 bridgehead atoms. The zero-order chi connectivity index (χ0) is 23.7. The van der Waals surface area contributed by atoms with Gasteiger partial charge in [-0.25, -0.2) is 4.79 Å². The van der Waals surface area contributed by atoms with Crippen LogP contribution in [0.25, 0.3) is 0 Å². The minimum Gasteiger partial charge on any atom is -0.459 e. The third-order valence-corrected chi connectivity index (χ3v) is 5.54. The molecule has 0 spiro atoms. The Morgan fingerprint density at radius 2 is 1.87 bits per heavy atom. The Kier molecular flexibility index (Phi) is 7.14. The van der Waals surface area contributed by atoms with Gasteiger partial charge < -0.3 is 15.8 Å². The van der Waals surface area contributed by atoms with Crippen LogP contribution < -0.4 is 11.1 Å². The van der Waals surface area contributed by atoms with E-state index in [-0.39, 0.29) is 33.2 Å². The first kappa shape index (κ1) is 24.4. The van der Waals surface area contributed by atoms with Crippen LogP contribution in [0.3, 0.4) is 0 Å². The second kappa shape index (κ2) is 9.08. The van der Waals surface area contributed by atoms with Crippen LogP contribution in [0, 0.1) is 19.8 Å². The number of esters is 1. The Morgan fingerprint density at radius 1 is 1.26 bits per heavy atom. The molecule has 8 nitrogen and oxygen atoms in total. The van der Waals surface area contributed by atoms with E-state index in [0.717, 1.165) is 22.1 Å². The van der Waals surface area contributed by atoms with Gasteiger partial charge in [0, 0.05) is 5.69 Å². The third-order valence-electron chi connectivity index (χ3n) is 4.32. The Balaban J connectivity index is 2.26. The number of nitrogens with zero attached hydrogens (tertiary/aromatic N) is 2. The largest absolute Gasteiger partial charge is 0.459 e. The average molecular weight is 460 g/mol. The van der Waals surface area contributed by atoms with Crippen molar-refractivity contribution >= 4 is 34.1 Å². The van der Waals surface area contributed by atoms with Crippen molar-refractivity contribution in [2.75, 3.05) is 5.32 Å². The molecule has 0 aromatic carbocycles. The van der Waals surface area contributed by atoms with Crippen molar-refractivity contribution < 1.29 is 32.3 Å². The van der Waals surface area contributed by atoms with Gasteiger partial charge in [0.25, 0.3) is 5.91 Å². The molecule has 1 atom stereocenters. The number of anilines is 1. The molecule has 170 valence electrons. The van der Waals surface area contributed by atoms with E-state index in [9.17, 15) is 27.6 Å². The number of rotatable bonds is 7. The van der Waals surface area contributed by atoms with Crippen molar-refractivity contribution in [1.82, 2.24) is 9.78 Å². The number of halogens is 3. The molecule has 0 aliphatic heterocycles. The highest BCUT2D eigenvalue weighted by molar-refractivity contribution is 7.18. The summed E-state index contributed by atoms with van der Waals surface area (Å²) in [7, 11) is 0. The highest BCUT2D eigenvalue weighted by atomic mass is 32.1. The van der Waals surface area contributed by atoms with Gasteiger partial charge in [0.2, 0.25) is 5.91 Å². The fraction of sp³-hybridized carbons (Fsp3) is 0.474. The van der Waals surface area contributed by atoms with Crippen LogP contribution in [0.1, 0.15) is 57.8 Å². The molecule has 2 rings (SSSR count). The number of hydrogen-bond acceptors (Lipinski definition) is 6. The molecule has 2 aromatic heterocycles. The lowest BCUT2D eigenvalue weighted by atomic mass is 10.1. The molecule has 0 radical (unpaired) electrons. The first-order valence-corrected chi connectivity index (χ1v) is 10.1. The van der Waals surface area contributed by atoms with Gasteiger partial charge in [-0.15, -0.1) is 11.3 Å². The number of alkyl halides is 3. The molecule has 0 saturated carbocycles. The molecule has 2 aromatic rings. The van der Waals surface area contributed by atoms with Crippen LogP contribution in [0.15, 0.2) is 6.07 Å². The predicted molar refractivity (Wildman–Crippen MR) is 108 cm³/mol. The van der Waals surface area contributed by atoms with Gasteiger partial charge in [0.05, 0.1) is 29.0 Å². The molecular formula is C19H23F3N4O4S. The maximum absolute atomic E-state index is 12.8. The Labute approximate surface area is 180 Å². The summed E-state index contributed by atoms with van der Waals surface area (Å²) in [4.78, 5) is 36.9. The standard InChI is InChI=1S/C19H23F3N4O4S/c1-8(2)30-18(29)13-11(5)14(15(23)27)31-17(13)24-16(28)9(3)7-26-10(4)6-12(25-26)19(20,21)22/h6,8-9H,7H2,1-5H3,(H2,23,27)(H,24,28). The zero-order valence-corrected chi connectivity index (χ0v) is 18.4. The van der Waals surface area contributed by atoms with Crippen LogP contribution in [0.2, 0.25) is 0 Å². The highest BCUT2D eigenvalue weighted by Crippen LogP contribution is 2.34. The van der Waals surface area contributed by atoms with Gasteiger partial charge in [-0.05, 0) is 39.3 Å². The summed E-state index contributed by atoms with van der Waals surface area (Å²) in [6, 6.07) is 0.895. The lowest BCUT2D eigenvalue weighted by Gasteiger charge is -2.14. The van der Waals surface area contributed by atoms with Crippen LogP contribution >= 0.6 is 11.3 Å². The summed E-state index contributed by atoms with van der Waals surface area (Å²) in [5, 5.41) is 6.16. The second-order valence-corrected chi connectivity index (χ2v) is 8.34. The molecule has 12 heteroatoms. The molecule has 0 aliphatic carbocycles. The van der Waals surface area contributed by atoms with E-state index in [0.29, 0.717) is 0 Å². The number of hydrogen-bond donors (Lipinski definition) is 2. The highest BCUT2D eigenvalue weighted by Gasteiger charge is 2.35. The molecule has 0 saturated heterocycles. The van der Waals surface area contributed by atoms with Crippen LogP contribution in [0.4, 0.5) is 18.2 Å². The Hall–Kier alpha value is -2.89. The van der Waals surface area contributed by atoms with E-state index in [4.69, 9.17) is 10.5 Å². The van der Waals surface area contributed by atoms with Gasteiger partial charge >= 0.3 is 12.1 Å². The predicted octanol–water partition coefficient (Wildman–Crippen LogP) is 3.52. The van der Waals surface area contributed by atoms with Crippen molar-refractivity contribution in [3.8, 4) is 0 Å². The van der Waals surface area contributed by atoms with Crippen LogP contribution in [0.5, 0.6) is 0 Å². The van der Waals surface area contributed by atoms with E-state index < -0.39 is 41.7 Å². The maximum atomic E-state index is 12.8. The first-order valence-electron chi connectivity index (χ1n) is 9.29. The lowest BCUT2D eigenvalue weighted by molar-refractivity contribution is -0.141. The lowest BCUT2D eigenvalue weighted by Crippen LogP contribution is -2.26. The topological polar surface area (TPSA) is 116 Å². The number of thiophene rings is 1.